The van der Waals surface area contributed by atoms with Gasteiger partial charge in [0.15, 0.2) is 0 Å². The van der Waals surface area contributed by atoms with Gasteiger partial charge >= 0.3 is 17.9 Å². The summed E-state index contributed by atoms with van der Waals surface area (Å²) in [7, 11) is 0. The summed E-state index contributed by atoms with van der Waals surface area (Å²) in [5, 5.41) is 0. The zero-order valence-corrected chi connectivity index (χ0v) is 14.2. The topological polar surface area (TPSA) is 78.9 Å². The lowest BCUT2D eigenvalue weighted by atomic mass is 9.85. The molecule has 1 fully saturated rings. The monoisotopic (exact) mass is 344 g/mol. The van der Waals surface area contributed by atoms with E-state index in [-0.39, 0.29) is 23.7 Å². The first-order valence-electron chi connectivity index (χ1n) is 8.11. The molecule has 0 spiro atoms. The van der Waals surface area contributed by atoms with Crippen LogP contribution in [0, 0.1) is 5.92 Å². The van der Waals surface area contributed by atoms with E-state index in [0.29, 0.717) is 12.0 Å². The second kappa shape index (κ2) is 6.35. The van der Waals surface area contributed by atoms with Crippen molar-refractivity contribution < 1.29 is 28.6 Å². The van der Waals surface area contributed by atoms with Gasteiger partial charge in [0, 0.05) is 29.6 Å². The van der Waals surface area contributed by atoms with Crippen LogP contribution in [0.15, 0.2) is 47.6 Å². The van der Waals surface area contributed by atoms with Crippen molar-refractivity contribution in [1.29, 1.82) is 0 Å². The lowest BCUT2D eigenvalue weighted by Crippen LogP contribution is -2.33. The summed E-state index contributed by atoms with van der Waals surface area (Å²) in [6, 6.07) is 0. The molecule has 3 rings (SSSR count). The van der Waals surface area contributed by atoms with Crippen molar-refractivity contribution >= 4 is 17.9 Å². The number of fused-ring (bicyclic) bond motifs is 2. The van der Waals surface area contributed by atoms with E-state index in [1.54, 1.807) is 19.1 Å². The first-order chi connectivity index (χ1) is 11.8. The first kappa shape index (κ1) is 17.2. The summed E-state index contributed by atoms with van der Waals surface area (Å²) in [5.41, 5.74) is 1.85. The van der Waals surface area contributed by atoms with Crippen molar-refractivity contribution in [3.05, 3.63) is 47.6 Å². The van der Waals surface area contributed by atoms with Crippen LogP contribution in [0.5, 0.6) is 0 Å². The molecule has 3 aliphatic rings. The predicted octanol–water partition coefficient (Wildman–Crippen LogP) is 2.16. The first-order valence-corrected chi connectivity index (χ1v) is 8.11. The van der Waals surface area contributed by atoms with Gasteiger partial charge in [-0.3, -0.25) is 0 Å². The maximum Gasteiger partial charge on any atom is 0.334 e. The second-order valence-electron chi connectivity index (χ2n) is 6.70. The minimum absolute atomic E-state index is 0.207. The standard InChI is InChI=1S/C19H20O6/c1-9(2)17(20)24-14-6-10(3)5-13-7-12(19(22)23-13)8-15-16(14)11(4)18(21)25-15/h6-7,13-16H,1,4-5,8H2,2-3H3/b10-6+/t13-,14?,15?,16+/m1/s1. The average molecular weight is 344 g/mol. The highest BCUT2D eigenvalue weighted by Gasteiger charge is 2.46. The molecule has 0 saturated carbocycles. The van der Waals surface area contributed by atoms with Crippen molar-refractivity contribution in [2.75, 3.05) is 0 Å². The average Bonchev–Trinajstić information content (AvgIpc) is 2.98. The lowest BCUT2D eigenvalue weighted by Gasteiger charge is -2.26. The van der Waals surface area contributed by atoms with Gasteiger partial charge in [0.25, 0.3) is 0 Å². The van der Waals surface area contributed by atoms with Gasteiger partial charge in [0.2, 0.25) is 0 Å². The van der Waals surface area contributed by atoms with Crippen LogP contribution in [0.2, 0.25) is 0 Å². The highest BCUT2D eigenvalue weighted by Crippen LogP contribution is 2.38. The number of carbonyl (C=O) groups is 3. The van der Waals surface area contributed by atoms with Crippen LogP contribution in [-0.4, -0.2) is 36.2 Å². The Hall–Kier alpha value is -2.63. The van der Waals surface area contributed by atoms with Crippen molar-refractivity contribution in [2.24, 2.45) is 5.92 Å². The molecule has 1 aliphatic carbocycles. The van der Waals surface area contributed by atoms with Crippen LogP contribution >= 0.6 is 0 Å². The summed E-state index contributed by atoms with van der Waals surface area (Å²) in [5.74, 6) is -2.05. The van der Waals surface area contributed by atoms with Crippen LogP contribution < -0.4 is 0 Å². The van der Waals surface area contributed by atoms with E-state index in [1.165, 1.54) is 0 Å². The number of esters is 3. The fourth-order valence-electron chi connectivity index (χ4n) is 3.33. The SMILES string of the molecule is C=C(C)C(=O)OC1/C=C(\C)C[C@@H]2C=C(CC3OC(=O)C(=C)[C@@H]13)C(=O)O2. The molecule has 2 bridgehead atoms. The molecule has 0 N–H and O–H groups in total. The molecular weight excluding hydrogens is 324 g/mol. The van der Waals surface area contributed by atoms with E-state index in [1.807, 2.05) is 6.92 Å². The molecule has 132 valence electrons. The van der Waals surface area contributed by atoms with Gasteiger partial charge in [0.1, 0.15) is 18.3 Å². The Morgan fingerprint density at radius 1 is 1.20 bits per heavy atom. The highest BCUT2D eigenvalue weighted by atomic mass is 16.6. The molecule has 1 saturated heterocycles. The van der Waals surface area contributed by atoms with E-state index in [2.05, 4.69) is 13.2 Å². The zero-order valence-electron chi connectivity index (χ0n) is 14.2. The van der Waals surface area contributed by atoms with Crippen molar-refractivity contribution in [2.45, 2.75) is 45.0 Å². The number of hydrogen-bond donors (Lipinski definition) is 0. The fourth-order valence-corrected chi connectivity index (χ4v) is 3.33. The molecule has 2 unspecified atom stereocenters. The third kappa shape index (κ3) is 3.29. The van der Waals surface area contributed by atoms with Crippen molar-refractivity contribution in [3.63, 3.8) is 0 Å². The Morgan fingerprint density at radius 3 is 2.60 bits per heavy atom. The number of carbonyl (C=O) groups excluding carboxylic acids is 3. The maximum absolute atomic E-state index is 12.0. The molecule has 2 aliphatic heterocycles. The fraction of sp³-hybridized carbons (Fsp3) is 0.421. The van der Waals surface area contributed by atoms with Crippen LogP contribution in [0.3, 0.4) is 0 Å². The van der Waals surface area contributed by atoms with Gasteiger partial charge in [-0.15, -0.1) is 0 Å². The summed E-state index contributed by atoms with van der Waals surface area (Å²) >= 11 is 0. The normalized spacial score (nSPS) is 33.4. The Labute approximate surface area is 145 Å². The van der Waals surface area contributed by atoms with Gasteiger partial charge in [-0.25, -0.2) is 14.4 Å². The van der Waals surface area contributed by atoms with E-state index in [9.17, 15) is 14.4 Å². The Bertz CT molecular complexity index is 741. The molecule has 0 amide bonds. The third-order valence-electron chi connectivity index (χ3n) is 4.57. The van der Waals surface area contributed by atoms with Crippen molar-refractivity contribution in [1.82, 2.24) is 0 Å². The van der Waals surface area contributed by atoms with Gasteiger partial charge in [-0.2, -0.15) is 0 Å². The summed E-state index contributed by atoms with van der Waals surface area (Å²) < 4.78 is 16.3. The molecule has 6 heteroatoms. The summed E-state index contributed by atoms with van der Waals surface area (Å²) in [4.78, 5) is 36.1. The molecule has 0 aromatic carbocycles. The molecule has 2 heterocycles. The maximum atomic E-state index is 12.0. The summed E-state index contributed by atoms with van der Waals surface area (Å²) in [6.45, 7) is 10.8. The molecule has 4 atom stereocenters. The van der Waals surface area contributed by atoms with E-state index in [4.69, 9.17) is 14.2 Å². The van der Waals surface area contributed by atoms with Gasteiger partial charge in [-0.1, -0.05) is 18.7 Å². The predicted molar refractivity (Wildman–Crippen MR) is 88.2 cm³/mol. The molecule has 0 radical (unpaired) electrons. The minimum Gasteiger partial charge on any atom is -0.458 e. The minimum atomic E-state index is -0.721. The van der Waals surface area contributed by atoms with Gasteiger partial charge in [-0.05, 0) is 26.0 Å². The Morgan fingerprint density at radius 2 is 1.92 bits per heavy atom. The second-order valence-corrected chi connectivity index (χ2v) is 6.70. The van der Waals surface area contributed by atoms with Crippen LogP contribution in [0.1, 0.15) is 26.7 Å². The number of ether oxygens (including phenoxy) is 3. The van der Waals surface area contributed by atoms with E-state index < -0.39 is 36.0 Å². The number of hydrogen-bond acceptors (Lipinski definition) is 6. The quantitative estimate of drug-likeness (QED) is 0.331. The van der Waals surface area contributed by atoms with Gasteiger partial charge in [0.05, 0.1) is 5.92 Å². The molecule has 0 aromatic heterocycles. The molecular formula is C19H20O6. The third-order valence-corrected chi connectivity index (χ3v) is 4.57. The van der Waals surface area contributed by atoms with E-state index >= 15 is 0 Å². The smallest absolute Gasteiger partial charge is 0.334 e. The molecule has 6 nitrogen and oxygen atoms in total. The molecule has 0 aromatic rings. The van der Waals surface area contributed by atoms with Crippen LogP contribution in [-0.2, 0) is 28.6 Å². The zero-order chi connectivity index (χ0) is 18.3. The van der Waals surface area contributed by atoms with Crippen LogP contribution in [0.4, 0.5) is 0 Å². The Balaban J connectivity index is 1.99. The van der Waals surface area contributed by atoms with E-state index in [0.717, 1.165) is 5.57 Å². The lowest BCUT2D eigenvalue weighted by molar-refractivity contribution is -0.146. The number of rotatable bonds is 2. The van der Waals surface area contributed by atoms with Crippen molar-refractivity contribution in [3.8, 4) is 0 Å². The Kier molecular flexibility index (Phi) is 4.37. The molecule has 25 heavy (non-hydrogen) atoms. The van der Waals surface area contributed by atoms with Gasteiger partial charge < -0.3 is 14.2 Å². The highest BCUT2D eigenvalue weighted by molar-refractivity contribution is 5.93. The largest absolute Gasteiger partial charge is 0.458 e. The van der Waals surface area contributed by atoms with Crippen LogP contribution in [0.25, 0.3) is 0 Å². The summed E-state index contributed by atoms with van der Waals surface area (Å²) in [6.07, 6.45) is 2.54.